The number of fused-ring (bicyclic) bond motifs is 1. The first-order valence-electron chi connectivity index (χ1n) is 11.9. The fourth-order valence-corrected chi connectivity index (χ4v) is 6.06. The number of rotatable bonds is 9. The quantitative estimate of drug-likeness (QED) is 0.391. The maximum atomic E-state index is 9.55. The molecule has 0 aromatic carbocycles. The first-order valence-corrected chi connectivity index (χ1v) is 11.9. The Bertz CT molecular complexity index is 908. The predicted molar refractivity (Wildman–Crippen MR) is 123 cm³/mol. The SMILES string of the molecule is O=C(O)C=CC(=O)O.c1ccn2nc(OCCCCNC3C4CC5CC(C4)CC3C5)cc2c1. The Morgan fingerprint density at radius 2 is 1.70 bits per heavy atom. The summed E-state index contributed by atoms with van der Waals surface area (Å²) in [6.07, 6.45) is 12.9. The van der Waals surface area contributed by atoms with Crippen molar-refractivity contribution in [2.45, 2.75) is 51.0 Å². The predicted octanol–water partition coefficient (Wildman–Crippen LogP) is 3.62. The van der Waals surface area contributed by atoms with Gasteiger partial charge in [0.05, 0.1) is 12.1 Å². The fraction of sp³-hybridized carbons (Fsp3) is 0.560. The van der Waals surface area contributed by atoms with Crippen LogP contribution in [0.3, 0.4) is 0 Å². The molecule has 8 heteroatoms. The van der Waals surface area contributed by atoms with Crippen molar-refractivity contribution in [1.29, 1.82) is 0 Å². The van der Waals surface area contributed by atoms with Crippen LogP contribution in [0.1, 0.15) is 44.9 Å². The van der Waals surface area contributed by atoms with Gasteiger partial charge < -0.3 is 20.3 Å². The molecule has 4 fully saturated rings. The van der Waals surface area contributed by atoms with Crippen LogP contribution in [0.15, 0.2) is 42.6 Å². The van der Waals surface area contributed by atoms with Crippen molar-refractivity contribution in [3.05, 3.63) is 42.6 Å². The number of aliphatic carboxylic acids is 2. The van der Waals surface area contributed by atoms with Gasteiger partial charge in [0.2, 0.25) is 5.88 Å². The van der Waals surface area contributed by atoms with Gasteiger partial charge in [-0.25, -0.2) is 14.1 Å². The largest absolute Gasteiger partial charge is 0.478 e. The number of pyridine rings is 1. The Morgan fingerprint density at radius 3 is 2.30 bits per heavy atom. The molecular formula is C25H33N3O5. The Hall–Kier alpha value is -2.87. The minimum atomic E-state index is -1.26. The molecule has 4 aliphatic rings. The number of nitrogens with zero attached hydrogens (tertiary/aromatic N) is 2. The van der Waals surface area contributed by atoms with Gasteiger partial charge >= 0.3 is 11.9 Å². The van der Waals surface area contributed by atoms with Crippen LogP contribution in [0, 0.1) is 23.7 Å². The van der Waals surface area contributed by atoms with Crippen molar-refractivity contribution in [3.8, 4) is 5.88 Å². The maximum absolute atomic E-state index is 9.55. The highest BCUT2D eigenvalue weighted by molar-refractivity contribution is 5.89. The van der Waals surface area contributed by atoms with Gasteiger partial charge in [0.1, 0.15) is 0 Å². The van der Waals surface area contributed by atoms with Crippen LogP contribution in [0.5, 0.6) is 5.88 Å². The van der Waals surface area contributed by atoms with Gasteiger partial charge in [-0.3, -0.25) is 0 Å². The van der Waals surface area contributed by atoms with Crippen LogP contribution in [-0.2, 0) is 9.59 Å². The second kappa shape index (κ2) is 10.8. The van der Waals surface area contributed by atoms with E-state index in [0.717, 1.165) is 60.7 Å². The number of aromatic nitrogens is 2. The van der Waals surface area contributed by atoms with E-state index in [1.165, 1.54) is 32.1 Å². The molecule has 0 aliphatic heterocycles. The van der Waals surface area contributed by atoms with Crippen LogP contribution in [-0.4, -0.2) is 51.0 Å². The maximum Gasteiger partial charge on any atom is 0.328 e. The van der Waals surface area contributed by atoms with Crippen molar-refractivity contribution in [2.75, 3.05) is 13.2 Å². The van der Waals surface area contributed by atoms with E-state index in [4.69, 9.17) is 14.9 Å². The Morgan fingerprint density at radius 1 is 1.03 bits per heavy atom. The molecule has 0 spiro atoms. The molecule has 8 nitrogen and oxygen atoms in total. The number of hydrogen-bond donors (Lipinski definition) is 3. The fourth-order valence-electron chi connectivity index (χ4n) is 6.06. The van der Waals surface area contributed by atoms with Crippen molar-refractivity contribution in [1.82, 2.24) is 14.9 Å². The highest BCUT2D eigenvalue weighted by atomic mass is 16.5. The highest BCUT2D eigenvalue weighted by Crippen LogP contribution is 2.53. The molecule has 0 saturated heterocycles. The summed E-state index contributed by atoms with van der Waals surface area (Å²) in [5, 5.41) is 24.0. The lowest BCUT2D eigenvalue weighted by Crippen LogP contribution is -2.54. The van der Waals surface area contributed by atoms with E-state index in [9.17, 15) is 9.59 Å². The van der Waals surface area contributed by atoms with Crippen molar-refractivity contribution < 1.29 is 24.5 Å². The van der Waals surface area contributed by atoms with Crippen LogP contribution < -0.4 is 10.1 Å². The van der Waals surface area contributed by atoms with Gasteiger partial charge in [0, 0.05) is 30.5 Å². The molecule has 2 aromatic heterocycles. The third kappa shape index (κ3) is 6.35. The topological polar surface area (TPSA) is 113 Å². The van der Waals surface area contributed by atoms with Crippen molar-refractivity contribution >= 4 is 17.5 Å². The van der Waals surface area contributed by atoms with Gasteiger partial charge in [-0.1, -0.05) is 6.07 Å². The first-order chi connectivity index (χ1) is 16.0. The molecule has 2 aromatic rings. The monoisotopic (exact) mass is 455 g/mol. The second-order valence-electron chi connectivity index (χ2n) is 9.53. The lowest BCUT2D eigenvalue weighted by molar-refractivity contribution is -0.134. The normalized spacial score (nSPS) is 27.5. The summed E-state index contributed by atoms with van der Waals surface area (Å²) in [7, 11) is 0. The number of carboxylic acid groups (broad SMARTS) is 2. The third-order valence-electron chi connectivity index (χ3n) is 7.14. The molecule has 0 amide bonds. The molecule has 4 aliphatic carbocycles. The first kappa shape index (κ1) is 23.3. The minimum Gasteiger partial charge on any atom is -0.478 e. The molecule has 0 unspecified atom stereocenters. The van der Waals surface area contributed by atoms with Crippen LogP contribution in [0.4, 0.5) is 0 Å². The number of unbranched alkanes of at least 4 members (excludes halogenated alkanes) is 1. The summed E-state index contributed by atoms with van der Waals surface area (Å²) in [4.78, 5) is 19.1. The van der Waals surface area contributed by atoms with E-state index in [1.54, 1.807) is 6.42 Å². The molecule has 33 heavy (non-hydrogen) atoms. The number of carbonyl (C=O) groups is 2. The van der Waals surface area contributed by atoms with Crippen LogP contribution in [0.25, 0.3) is 5.52 Å². The zero-order valence-electron chi connectivity index (χ0n) is 18.8. The summed E-state index contributed by atoms with van der Waals surface area (Å²) >= 11 is 0. The van der Waals surface area contributed by atoms with E-state index in [0.29, 0.717) is 12.2 Å². The molecule has 2 heterocycles. The summed E-state index contributed by atoms with van der Waals surface area (Å²) in [6.45, 7) is 1.90. The number of hydrogen-bond acceptors (Lipinski definition) is 5. The van der Waals surface area contributed by atoms with Crippen LogP contribution >= 0.6 is 0 Å². The van der Waals surface area contributed by atoms with Crippen molar-refractivity contribution in [3.63, 3.8) is 0 Å². The average molecular weight is 456 g/mol. The molecule has 0 radical (unpaired) electrons. The molecule has 178 valence electrons. The average Bonchev–Trinajstić information content (AvgIpc) is 3.19. The lowest BCUT2D eigenvalue weighted by Gasteiger charge is -2.54. The number of nitrogens with one attached hydrogen (secondary N) is 1. The summed E-state index contributed by atoms with van der Waals surface area (Å²) in [5.41, 5.74) is 1.08. The second-order valence-corrected chi connectivity index (χ2v) is 9.53. The molecule has 3 N–H and O–H groups in total. The van der Waals surface area contributed by atoms with E-state index in [1.807, 2.05) is 28.9 Å². The van der Waals surface area contributed by atoms with Gasteiger partial charge in [0.15, 0.2) is 0 Å². The molecule has 6 rings (SSSR count). The highest BCUT2D eigenvalue weighted by Gasteiger charge is 2.47. The zero-order chi connectivity index (χ0) is 23.2. The standard InChI is InChI=1S/C21H29N3O.C4H4O4/c1-3-7-24-19(5-1)14-20(23-24)25-8-4-2-6-22-21-17-10-15-9-16(12-17)13-18(21)11-15;5-3(6)1-2-4(7)8/h1,3,5,7,14-18,21-22H,2,4,6,8-13H2;1-2H,(H,5,6)(H,7,8). The zero-order valence-corrected chi connectivity index (χ0v) is 18.8. The smallest absolute Gasteiger partial charge is 0.328 e. The van der Waals surface area contributed by atoms with E-state index in [2.05, 4.69) is 16.5 Å². The third-order valence-corrected chi connectivity index (χ3v) is 7.14. The Labute approximate surface area is 193 Å². The van der Waals surface area contributed by atoms with Crippen molar-refractivity contribution in [2.24, 2.45) is 23.7 Å². The Kier molecular flexibility index (Phi) is 7.65. The molecule has 4 saturated carbocycles. The summed E-state index contributed by atoms with van der Waals surface area (Å²) in [5.74, 6) is 2.31. The van der Waals surface area contributed by atoms with Gasteiger partial charge in [0.25, 0.3) is 0 Å². The van der Waals surface area contributed by atoms with Gasteiger partial charge in [-0.15, -0.1) is 5.10 Å². The Balaban J connectivity index is 0.000000281. The number of ether oxygens (including phenoxy) is 1. The number of carboxylic acids is 2. The lowest BCUT2D eigenvalue weighted by atomic mass is 9.54. The van der Waals surface area contributed by atoms with Crippen LogP contribution in [0.2, 0.25) is 0 Å². The summed E-state index contributed by atoms with van der Waals surface area (Å²) < 4.78 is 7.68. The van der Waals surface area contributed by atoms with Gasteiger partial charge in [-0.2, -0.15) is 0 Å². The molecule has 4 bridgehead atoms. The van der Waals surface area contributed by atoms with E-state index in [-0.39, 0.29) is 0 Å². The van der Waals surface area contributed by atoms with Gasteiger partial charge in [-0.05, 0) is 87.3 Å². The van der Waals surface area contributed by atoms with E-state index < -0.39 is 11.9 Å². The molecular weight excluding hydrogens is 422 g/mol. The minimum absolute atomic E-state index is 0.558. The molecule has 0 atom stereocenters. The van der Waals surface area contributed by atoms with E-state index >= 15 is 0 Å². The summed E-state index contributed by atoms with van der Waals surface area (Å²) in [6, 6.07) is 8.88.